The summed E-state index contributed by atoms with van der Waals surface area (Å²) >= 11 is 21.8. The Labute approximate surface area is 143 Å². The Balaban J connectivity index is 2.36. The van der Waals surface area contributed by atoms with Crippen LogP contribution in [-0.2, 0) is 5.88 Å². The third-order valence-electron chi connectivity index (χ3n) is 3.06. The Bertz CT molecular complexity index is 848. The van der Waals surface area contributed by atoms with Crippen molar-refractivity contribution in [3.8, 4) is 5.69 Å². The summed E-state index contributed by atoms with van der Waals surface area (Å²) in [5, 5.41) is 0.777. The number of hydrogen-bond acceptors (Lipinski definition) is 1. The molecule has 21 heavy (non-hydrogen) atoms. The molecule has 0 bridgehead atoms. The summed E-state index contributed by atoms with van der Waals surface area (Å²) < 4.78 is 15.8. The maximum absolute atomic E-state index is 13.3. The van der Waals surface area contributed by atoms with Gasteiger partial charge in [0.1, 0.15) is 11.6 Å². The van der Waals surface area contributed by atoms with Gasteiger partial charge in [-0.25, -0.2) is 9.37 Å². The van der Waals surface area contributed by atoms with Gasteiger partial charge in [-0.3, -0.25) is 4.57 Å². The van der Waals surface area contributed by atoms with Crippen molar-refractivity contribution < 1.29 is 4.39 Å². The second kappa shape index (κ2) is 5.76. The molecular weight excluding hydrogens is 401 g/mol. The van der Waals surface area contributed by atoms with Gasteiger partial charge in [-0.05, 0) is 40.2 Å². The zero-order valence-corrected chi connectivity index (χ0v) is 14.2. The molecule has 2 aromatic carbocycles. The van der Waals surface area contributed by atoms with E-state index >= 15 is 0 Å². The van der Waals surface area contributed by atoms with Crippen molar-refractivity contribution in [1.82, 2.24) is 9.55 Å². The van der Waals surface area contributed by atoms with Gasteiger partial charge in [0.05, 0.1) is 32.6 Å². The number of rotatable bonds is 2. The van der Waals surface area contributed by atoms with E-state index in [0.29, 0.717) is 37.1 Å². The standard InChI is InChI=1S/C14H7BrCl3FN2/c15-8-2-4-11(14(18)13(8)17)21-10-3-1-7(19)5-9(10)20-12(21)6-16/h1-5H,6H2. The van der Waals surface area contributed by atoms with Gasteiger partial charge in [0.25, 0.3) is 0 Å². The number of nitrogens with zero attached hydrogens (tertiary/aromatic N) is 2. The third kappa shape index (κ3) is 2.55. The molecule has 0 aliphatic carbocycles. The van der Waals surface area contributed by atoms with E-state index in [-0.39, 0.29) is 11.7 Å². The molecule has 1 heterocycles. The van der Waals surface area contributed by atoms with E-state index in [9.17, 15) is 4.39 Å². The van der Waals surface area contributed by atoms with Crippen molar-refractivity contribution in [3.63, 3.8) is 0 Å². The molecule has 0 aliphatic heterocycles. The fraction of sp³-hybridized carbons (Fsp3) is 0.0714. The fourth-order valence-electron chi connectivity index (χ4n) is 2.15. The Kier molecular flexibility index (Phi) is 4.14. The minimum absolute atomic E-state index is 0.167. The first-order chi connectivity index (χ1) is 10.0. The number of alkyl halides is 1. The predicted molar refractivity (Wildman–Crippen MR) is 88.3 cm³/mol. The molecule has 0 atom stereocenters. The average molecular weight is 408 g/mol. The number of hydrogen-bond donors (Lipinski definition) is 0. The van der Waals surface area contributed by atoms with Crippen LogP contribution in [0.25, 0.3) is 16.7 Å². The molecule has 3 aromatic rings. The van der Waals surface area contributed by atoms with Crippen LogP contribution in [0.3, 0.4) is 0 Å². The Morgan fingerprint density at radius 2 is 1.90 bits per heavy atom. The molecule has 0 N–H and O–H groups in total. The summed E-state index contributed by atoms with van der Waals surface area (Å²) in [4.78, 5) is 4.34. The molecule has 0 aliphatic rings. The van der Waals surface area contributed by atoms with Crippen molar-refractivity contribution in [2.24, 2.45) is 0 Å². The average Bonchev–Trinajstić information content (AvgIpc) is 2.82. The van der Waals surface area contributed by atoms with E-state index in [1.54, 1.807) is 22.8 Å². The second-order valence-electron chi connectivity index (χ2n) is 4.32. The van der Waals surface area contributed by atoms with Crippen molar-refractivity contribution in [2.75, 3.05) is 0 Å². The lowest BCUT2D eigenvalue weighted by atomic mass is 10.2. The summed E-state index contributed by atoms with van der Waals surface area (Å²) in [6, 6.07) is 7.96. The lowest BCUT2D eigenvalue weighted by molar-refractivity contribution is 0.629. The van der Waals surface area contributed by atoms with Crippen LogP contribution in [0.5, 0.6) is 0 Å². The highest BCUT2D eigenvalue weighted by molar-refractivity contribution is 9.10. The van der Waals surface area contributed by atoms with Crippen molar-refractivity contribution in [2.45, 2.75) is 5.88 Å². The molecule has 0 unspecified atom stereocenters. The van der Waals surface area contributed by atoms with Gasteiger partial charge in [0.2, 0.25) is 0 Å². The molecule has 0 radical (unpaired) electrons. The fourth-order valence-corrected chi connectivity index (χ4v) is 3.18. The second-order valence-corrected chi connectivity index (χ2v) is 6.20. The maximum atomic E-state index is 13.3. The van der Waals surface area contributed by atoms with Gasteiger partial charge >= 0.3 is 0 Å². The number of halogens is 5. The van der Waals surface area contributed by atoms with E-state index in [0.717, 1.165) is 0 Å². The zero-order valence-electron chi connectivity index (χ0n) is 10.4. The van der Waals surface area contributed by atoms with Crippen molar-refractivity contribution >= 4 is 61.8 Å². The SMILES string of the molecule is Fc1ccc2c(c1)nc(CCl)n2-c1ccc(Br)c(Cl)c1Cl. The van der Waals surface area contributed by atoms with Gasteiger partial charge < -0.3 is 0 Å². The van der Waals surface area contributed by atoms with E-state index < -0.39 is 0 Å². The molecule has 2 nitrogen and oxygen atoms in total. The minimum atomic E-state index is -0.354. The van der Waals surface area contributed by atoms with E-state index in [1.807, 2.05) is 0 Å². The smallest absolute Gasteiger partial charge is 0.129 e. The van der Waals surface area contributed by atoms with Crippen LogP contribution < -0.4 is 0 Å². The maximum Gasteiger partial charge on any atom is 0.129 e. The molecule has 0 amide bonds. The van der Waals surface area contributed by atoms with Gasteiger partial charge in [0.15, 0.2) is 0 Å². The van der Waals surface area contributed by atoms with Gasteiger partial charge in [0, 0.05) is 10.5 Å². The number of benzene rings is 2. The number of imidazole rings is 1. The quantitative estimate of drug-likeness (QED) is 0.377. The normalized spacial score (nSPS) is 11.3. The Morgan fingerprint density at radius 1 is 1.14 bits per heavy atom. The minimum Gasteiger partial charge on any atom is -0.294 e. The van der Waals surface area contributed by atoms with Crippen LogP contribution in [0.1, 0.15) is 5.82 Å². The summed E-state index contributed by atoms with van der Waals surface area (Å²) in [6.07, 6.45) is 0. The van der Waals surface area contributed by atoms with E-state index in [1.165, 1.54) is 12.1 Å². The molecule has 0 fully saturated rings. The first kappa shape index (κ1) is 15.1. The zero-order chi connectivity index (χ0) is 15.1. The number of aromatic nitrogens is 2. The van der Waals surface area contributed by atoms with Crippen LogP contribution in [0.15, 0.2) is 34.8 Å². The van der Waals surface area contributed by atoms with Crippen molar-refractivity contribution in [1.29, 1.82) is 0 Å². The molecule has 0 spiro atoms. The topological polar surface area (TPSA) is 17.8 Å². The molecular formula is C14H7BrCl3FN2. The molecule has 3 rings (SSSR count). The molecule has 108 valence electrons. The predicted octanol–water partition coefficient (Wildman–Crippen LogP) is 5.97. The summed E-state index contributed by atoms with van der Waals surface area (Å²) in [7, 11) is 0. The van der Waals surface area contributed by atoms with Gasteiger partial charge in [-0.1, -0.05) is 23.2 Å². The Morgan fingerprint density at radius 3 is 2.62 bits per heavy atom. The molecule has 7 heteroatoms. The molecule has 0 saturated carbocycles. The Hall–Kier alpha value is -0.810. The van der Waals surface area contributed by atoms with Crippen LogP contribution in [0, 0.1) is 5.82 Å². The lowest BCUT2D eigenvalue weighted by Crippen LogP contribution is -2.00. The first-order valence-electron chi connectivity index (χ1n) is 5.89. The first-order valence-corrected chi connectivity index (χ1v) is 7.98. The number of fused-ring (bicyclic) bond motifs is 1. The monoisotopic (exact) mass is 406 g/mol. The van der Waals surface area contributed by atoms with E-state index in [4.69, 9.17) is 34.8 Å². The van der Waals surface area contributed by atoms with Crippen LogP contribution >= 0.6 is 50.7 Å². The summed E-state index contributed by atoms with van der Waals surface area (Å²) in [5.41, 5.74) is 1.88. The summed E-state index contributed by atoms with van der Waals surface area (Å²) in [5.74, 6) is 0.381. The van der Waals surface area contributed by atoms with Crippen LogP contribution in [0.2, 0.25) is 10.0 Å². The highest BCUT2D eigenvalue weighted by Gasteiger charge is 2.17. The van der Waals surface area contributed by atoms with Crippen LogP contribution in [-0.4, -0.2) is 9.55 Å². The molecule has 0 saturated heterocycles. The molecule has 1 aromatic heterocycles. The highest BCUT2D eigenvalue weighted by atomic mass is 79.9. The third-order valence-corrected chi connectivity index (χ3v) is 5.06. The van der Waals surface area contributed by atoms with Crippen molar-refractivity contribution in [3.05, 3.63) is 56.5 Å². The van der Waals surface area contributed by atoms with Gasteiger partial charge in [-0.2, -0.15) is 0 Å². The van der Waals surface area contributed by atoms with Gasteiger partial charge in [-0.15, -0.1) is 11.6 Å². The van der Waals surface area contributed by atoms with Crippen LogP contribution in [0.4, 0.5) is 4.39 Å². The largest absolute Gasteiger partial charge is 0.294 e. The highest BCUT2D eigenvalue weighted by Crippen LogP contribution is 2.37. The van der Waals surface area contributed by atoms with E-state index in [2.05, 4.69) is 20.9 Å². The summed E-state index contributed by atoms with van der Waals surface area (Å²) in [6.45, 7) is 0. The lowest BCUT2D eigenvalue weighted by Gasteiger charge is -2.12.